The number of aliphatic hydroxyl groups excluding tert-OH is 1. The molecule has 0 bridgehead atoms. The monoisotopic (exact) mass is 193 g/mol. The molecule has 1 N–H and O–H groups in total. The molecule has 0 spiro atoms. The zero-order valence-electron chi connectivity index (χ0n) is 7.99. The Morgan fingerprint density at radius 3 is 2.42 bits per heavy atom. The van der Waals surface area contributed by atoms with Crippen LogP contribution in [0, 0.1) is 5.92 Å². The maximum Gasteiger partial charge on any atom is 0.508 e. The van der Waals surface area contributed by atoms with Gasteiger partial charge in [-0.25, -0.2) is 0 Å². The van der Waals surface area contributed by atoms with Gasteiger partial charge in [-0.15, -0.1) is 4.52 Å². The number of hydrogen-bond acceptors (Lipinski definition) is 3. The largest absolute Gasteiger partial charge is 0.508 e. The van der Waals surface area contributed by atoms with Crippen molar-refractivity contribution < 1.29 is 14.2 Å². The van der Waals surface area contributed by atoms with Crippen molar-refractivity contribution in [3.63, 3.8) is 0 Å². The van der Waals surface area contributed by atoms with E-state index in [4.69, 9.17) is 9.63 Å². The summed E-state index contributed by atoms with van der Waals surface area (Å²) in [5, 5.41) is 8.89. The molecule has 0 amide bonds. The molecule has 0 aromatic heterocycles. The van der Waals surface area contributed by atoms with E-state index in [2.05, 4.69) is 0 Å². The Morgan fingerprint density at radius 2 is 2.00 bits per heavy atom. The van der Waals surface area contributed by atoms with Crippen LogP contribution in [0.4, 0.5) is 0 Å². The Balaban J connectivity index is 3.34. The second-order valence-corrected chi connectivity index (χ2v) is 4.75. The standard InChI is InChI=1S/C8H18O3P/c1-7(2)6-11-12(10)5-4-8(3)9/h7-9H,4-6H2,1-3H3/q+1. The lowest BCUT2D eigenvalue weighted by Gasteiger charge is -1.97. The van der Waals surface area contributed by atoms with Crippen LogP contribution in [-0.2, 0) is 9.09 Å². The Morgan fingerprint density at radius 1 is 1.42 bits per heavy atom. The first kappa shape index (κ1) is 12.0. The highest BCUT2D eigenvalue weighted by atomic mass is 31.1. The minimum absolute atomic E-state index is 0.383. The maximum atomic E-state index is 11.1. The predicted molar refractivity (Wildman–Crippen MR) is 49.6 cm³/mol. The van der Waals surface area contributed by atoms with Gasteiger partial charge in [-0.2, -0.15) is 0 Å². The van der Waals surface area contributed by atoms with Crippen molar-refractivity contribution >= 4 is 8.03 Å². The highest BCUT2D eigenvalue weighted by Crippen LogP contribution is 2.24. The quantitative estimate of drug-likeness (QED) is 0.657. The summed E-state index contributed by atoms with van der Waals surface area (Å²) in [6.07, 6.45) is 0.624. The average molecular weight is 193 g/mol. The molecule has 0 aliphatic heterocycles. The van der Waals surface area contributed by atoms with Crippen LogP contribution in [0.2, 0.25) is 0 Å². The lowest BCUT2D eigenvalue weighted by molar-refractivity contribution is 0.189. The van der Waals surface area contributed by atoms with Gasteiger partial charge >= 0.3 is 8.03 Å². The van der Waals surface area contributed by atoms with Crippen LogP contribution in [0.1, 0.15) is 27.2 Å². The second-order valence-electron chi connectivity index (χ2n) is 3.38. The van der Waals surface area contributed by atoms with Crippen LogP contribution < -0.4 is 0 Å². The number of aliphatic hydroxyl groups is 1. The third-order valence-corrected chi connectivity index (χ3v) is 2.34. The molecule has 0 fully saturated rings. The van der Waals surface area contributed by atoms with E-state index in [-0.39, 0.29) is 6.10 Å². The van der Waals surface area contributed by atoms with E-state index < -0.39 is 8.03 Å². The second kappa shape index (κ2) is 6.53. The summed E-state index contributed by atoms with van der Waals surface area (Å²) in [5.41, 5.74) is 0. The molecule has 12 heavy (non-hydrogen) atoms. The highest BCUT2D eigenvalue weighted by molar-refractivity contribution is 7.39. The Hall–Kier alpha value is 0.0200. The van der Waals surface area contributed by atoms with Gasteiger partial charge in [0.15, 0.2) is 6.16 Å². The molecule has 4 heteroatoms. The first-order valence-corrected chi connectivity index (χ1v) is 5.64. The normalized spacial score (nSPS) is 14.9. The summed E-state index contributed by atoms with van der Waals surface area (Å²) < 4.78 is 16.1. The molecule has 0 aromatic carbocycles. The zero-order chi connectivity index (χ0) is 9.56. The van der Waals surface area contributed by atoms with E-state index in [9.17, 15) is 4.57 Å². The van der Waals surface area contributed by atoms with Crippen molar-refractivity contribution in [1.82, 2.24) is 0 Å². The SMILES string of the molecule is CC(C)CO[P+](=O)CCC(C)O. The van der Waals surface area contributed by atoms with E-state index in [0.29, 0.717) is 25.1 Å². The van der Waals surface area contributed by atoms with E-state index >= 15 is 0 Å². The lowest BCUT2D eigenvalue weighted by atomic mass is 10.2. The van der Waals surface area contributed by atoms with Crippen LogP contribution in [0.3, 0.4) is 0 Å². The average Bonchev–Trinajstić information content (AvgIpc) is 1.96. The van der Waals surface area contributed by atoms with E-state index in [1.807, 2.05) is 13.8 Å². The molecular formula is C8H18O3P+. The molecule has 0 rings (SSSR count). The van der Waals surface area contributed by atoms with Gasteiger partial charge in [-0.05, 0) is 17.4 Å². The molecule has 0 saturated heterocycles. The summed E-state index contributed by atoms with van der Waals surface area (Å²) in [4.78, 5) is 0. The van der Waals surface area contributed by atoms with Gasteiger partial charge < -0.3 is 5.11 Å². The smallest absolute Gasteiger partial charge is 0.393 e. The van der Waals surface area contributed by atoms with E-state index in [1.54, 1.807) is 6.92 Å². The maximum absolute atomic E-state index is 11.1. The Labute approximate surface area is 75.0 Å². The molecule has 72 valence electrons. The van der Waals surface area contributed by atoms with Gasteiger partial charge in [-0.1, -0.05) is 13.8 Å². The summed E-state index contributed by atoms with van der Waals surface area (Å²) in [6.45, 7) is 6.25. The fourth-order valence-electron chi connectivity index (χ4n) is 0.589. The molecule has 0 aliphatic rings. The van der Waals surface area contributed by atoms with Crippen molar-refractivity contribution in [2.75, 3.05) is 12.8 Å². The van der Waals surface area contributed by atoms with Crippen LogP contribution in [-0.4, -0.2) is 24.0 Å². The summed E-state index contributed by atoms with van der Waals surface area (Å²) >= 11 is 0. The Kier molecular flexibility index (Phi) is 6.54. The molecule has 3 nitrogen and oxygen atoms in total. The van der Waals surface area contributed by atoms with E-state index in [0.717, 1.165) is 0 Å². The predicted octanol–water partition coefficient (Wildman–Crippen LogP) is 2.17. The Bertz CT molecular complexity index is 120. The van der Waals surface area contributed by atoms with Crippen LogP contribution in [0.25, 0.3) is 0 Å². The summed E-state index contributed by atoms with van der Waals surface area (Å²) in [6, 6.07) is 0. The van der Waals surface area contributed by atoms with Gasteiger partial charge in [-0.3, -0.25) is 0 Å². The topological polar surface area (TPSA) is 46.5 Å². The lowest BCUT2D eigenvalue weighted by Crippen LogP contribution is -2.02. The first-order valence-electron chi connectivity index (χ1n) is 4.28. The number of rotatable bonds is 6. The molecule has 0 aromatic rings. The zero-order valence-corrected chi connectivity index (χ0v) is 8.88. The van der Waals surface area contributed by atoms with E-state index in [1.165, 1.54) is 0 Å². The molecule has 0 radical (unpaired) electrons. The van der Waals surface area contributed by atoms with Crippen LogP contribution >= 0.6 is 8.03 Å². The third-order valence-electron chi connectivity index (χ3n) is 1.28. The molecule has 0 aliphatic carbocycles. The molecule has 2 unspecified atom stereocenters. The minimum Gasteiger partial charge on any atom is -0.393 e. The van der Waals surface area contributed by atoms with Crippen molar-refractivity contribution in [3.05, 3.63) is 0 Å². The molecule has 0 saturated carbocycles. The first-order chi connectivity index (χ1) is 5.52. The van der Waals surface area contributed by atoms with Gasteiger partial charge in [0.05, 0.1) is 6.10 Å². The third kappa shape index (κ3) is 8.12. The van der Waals surface area contributed by atoms with Crippen LogP contribution in [0.15, 0.2) is 0 Å². The summed E-state index contributed by atoms with van der Waals surface area (Å²) in [5.74, 6) is 0.412. The minimum atomic E-state index is -1.56. The van der Waals surface area contributed by atoms with Gasteiger partial charge in [0, 0.05) is 6.42 Å². The van der Waals surface area contributed by atoms with Crippen molar-refractivity contribution in [3.8, 4) is 0 Å². The van der Waals surface area contributed by atoms with Crippen molar-refractivity contribution in [2.24, 2.45) is 5.92 Å². The van der Waals surface area contributed by atoms with Crippen molar-refractivity contribution in [1.29, 1.82) is 0 Å². The fourth-order valence-corrected chi connectivity index (χ4v) is 1.77. The fraction of sp³-hybridized carbons (Fsp3) is 1.00. The number of hydrogen-bond donors (Lipinski definition) is 1. The molecular weight excluding hydrogens is 175 g/mol. The highest BCUT2D eigenvalue weighted by Gasteiger charge is 2.18. The molecule has 0 heterocycles. The van der Waals surface area contributed by atoms with Gasteiger partial charge in [0.25, 0.3) is 0 Å². The molecule has 2 atom stereocenters. The summed E-state index contributed by atoms with van der Waals surface area (Å²) in [7, 11) is -1.56. The van der Waals surface area contributed by atoms with Gasteiger partial charge in [0.2, 0.25) is 0 Å². The van der Waals surface area contributed by atoms with Gasteiger partial charge in [0.1, 0.15) is 6.61 Å². The van der Waals surface area contributed by atoms with Crippen LogP contribution in [0.5, 0.6) is 0 Å². The van der Waals surface area contributed by atoms with Crippen molar-refractivity contribution in [2.45, 2.75) is 33.3 Å².